The van der Waals surface area contributed by atoms with Gasteiger partial charge in [0.2, 0.25) is 0 Å². The van der Waals surface area contributed by atoms with Crippen LogP contribution in [0.15, 0.2) is 24.3 Å². The summed E-state index contributed by atoms with van der Waals surface area (Å²) >= 11 is 0. The Labute approximate surface area is 121 Å². The van der Waals surface area contributed by atoms with Crippen molar-refractivity contribution in [1.82, 2.24) is 14.9 Å². The van der Waals surface area contributed by atoms with Crippen LogP contribution in [0.25, 0.3) is 5.69 Å². The van der Waals surface area contributed by atoms with Crippen LogP contribution in [0.1, 0.15) is 49.5 Å². The monoisotopic (exact) mass is 269 g/mol. The number of hydrogen-bond donors (Lipinski definition) is 1. The maximum atomic E-state index is 4.80. The van der Waals surface area contributed by atoms with E-state index in [0.717, 1.165) is 25.9 Å². The molecular formula is C17H23N3. The topological polar surface area (TPSA) is 29.9 Å². The molecule has 20 heavy (non-hydrogen) atoms. The number of nitrogens with one attached hydrogen (secondary N) is 1. The smallest absolute Gasteiger partial charge is 0.113 e. The highest BCUT2D eigenvalue weighted by atomic mass is 15.1. The average Bonchev–Trinajstić information content (AvgIpc) is 2.85. The first-order valence-electron chi connectivity index (χ1n) is 7.61. The van der Waals surface area contributed by atoms with Crippen LogP contribution in [-0.2, 0) is 19.4 Å². The van der Waals surface area contributed by atoms with E-state index in [0.29, 0.717) is 5.92 Å². The molecule has 3 heteroatoms. The van der Waals surface area contributed by atoms with Crippen molar-refractivity contribution in [1.29, 1.82) is 0 Å². The summed E-state index contributed by atoms with van der Waals surface area (Å²) in [5.41, 5.74) is 5.25. The lowest BCUT2D eigenvalue weighted by Crippen LogP contribution is -2.24. The lowest BCUT2D eigenvalue weighted by atomic mass is 10.0. The van der Waals surface area contributed by atoms with Gasteiger partial charge in [0, 0.05) is 37.3 Å². The molecule has 0 unspecified atom stereocenters. The van der Waals surface area contributed by atoms with Gasteiger partial charge in [-0.3, -0.25) is 0 Å². The van der Waals surface area contributed by atoms with E-state index in [4.69, 9.17) is 4.98 Å². The largest absolute Gasteiger partial charge is 0.311 e. The Morgan fingerprint density at radius 3 is 2.65 bits per heavy atom. The average molecular weight is 269 g/mol. The molecule has 0 fully saturated rings. The fraction of sp³-hybridized carbons (Fsp3) is 0.471. The molecule has 1 aromatic heterocycles. The molecule has 2 aromatic rings. The van der Waals surface area contributed by atoms with E-state index in [1.807, 2.05) is 0 Å². The lowest BCUT2D eigenvalue weighted by Gasteiger charge is -2.17. The molecule has 0 spiro atoms. The molecule has 1 N–H and O–H groups in total. The van der Waals surface area contributed by atoms with Crippen LogP contribution >= 0.6 is 0 Å². The third-order valence-corrected chi connectivity index (χ3v) is 4.09. The highest BCUT2D eigenvalue weighted by molar-refractivity contribution is 5.41. The van der Waals surface area contributed by atoms with Gasteiger partial charge in [0.25, 0.3) is 0 Å². The van der Waals surface area contributed by atoms with Gasteiger partial charge in [-0.1, -0.05) is 32.9 Å². The van der Waals surface area contributed by atoms with Crippen LogP contribution in [-0.4, -0.2) is 16.1 Å². The predicted molar refractivity (Wildman–Crippen MR) is 82.4 cm³/mol. The molecule has 0 aliphatic carbocycles. The van der Waals surface area contributed by atoms with Crippen molar-refractivity contribution >= 4 is 0 Å². The Balaban J connectivity index is 2.06. The fourth-order valence-corrected chi connectivity index (χ4v) is 2.92. The summed E-state index contributed by atoms with van der Waals surface area (Å²) in [6.45, 7) is 8.60. The first-order valence-corrected chi connectivity index (χ1v) is 7.61. The zero-order valence-corrected chi connectivity index (χ0v) is 12.6. The van der Waals surface area contributed by atoms with Gasteiger partial charge < -0.3 is 9.88 Å². The summed E-state index contributed by atoms with van der Waals surface area (Å²) in [5.74, 6) is 1.76. The van der Waals surface area contributed by atoms with Crippen LogP contribution in [0.3, 0.4) is 0 Å². The van der Waals surface area contributed by atoms with Crippen molar-refractivity contribution in [3.05, 3.63) is 47.0 Å². The second-order valence-corrected chi connectivity index (χ2v) is 5.78. The summed E-state index contributed by atoms with van der Waals surface area (Å²) in [6, 6.07) is 8.96. The van der Waals surface area contributed by atoms with Gasteiger partial charge in [0.15, 0.2) is 0 Å². The molecule has 1 aliphatic heterocycles. The fourth-order valence-electron chi connectivity index (χ4n) is 2.92. The summed E-state index contributed by atoms with van der Waals surface area (Å²) < 4.78 is 2.36. The first kappa shape index (κ1) is 13.4. The van der Waals surface area contributed by atoms with Crippen LogP contribution in [0, 0.1) is 0 Å². The van der Waals surface area contributed by atoms with Crippen molar-refractivity contribution < 1.29 is 0 Å². The molecule has 3 rings (SSSR count). The van der Waals surface area contributed by atoms with E-state index in [9.17, 15) is 0 Å². The number of imidazole rings is 1. The summed E-state index contributed by atoms with van der Waals surface area (Å²) in [6.07, 6.45) is 2.03. The molecule has 3 nitrogen and oxygen atoms in total. The van der Waals surface area contributed by atoms with E-state index in [-0.39, 0.29) is 0 Å². The Bertz CT molecular complexity index is 593. The molecule has 0 atom stereocenters. The second-order valence-electron chi connectivity index (χ2n) is 5.78. The zero-order chi connectivity index (χ0) is 14.1. The zero-order valence-electron chi connectivity index (χ0n) is 12.6. The Hall–Kier alpha value is -1.61. The molecular weight excluding hydrogens is 246 g/mol. The molecule has 0 bridgehead atoms. The number of aryl methyl sites for hydroxylation is 1. The number of rotatable bonds is 3. The minimum absolute atomic E-state index is 0.579. The summed E-state index contributed by atoms with van der Waals surface area (Å²) in [4.78, 5) is 4.80. The third-order valence-electron chi connectivity index (χ3n) is 4.09. The Morgan fingerprint density at radius 2 is 2.00 bits per heavy atom. The Morgan fingerprint density at radius 1 is 1.25 bits per heavy atom. The molecule has 0 saturated heterocycles. The highest BCUT2D eigenvalue weighted by Gasteiger charge is 2.19. The normalized spacial score (nSPS) is 14.6. The number of benzene rings is 1. The van der Waals surface area contributed by atoms with Gasteiger partial charge in [-0.2, -0.15) is 0 Å². The molecule has 0 amide bonds. The number of fused-ring (bicyclic) bond motifs is 1. The quantitative estimate of drug-likeness (QED) is 0.927. The van der Waals surface area contributed by atoms with Gasteiger partial charge in [-0.15, -0.1) is 0 Å². The van der Waals surface area contributed by atoms with Crippen molar-refractivity contribution in [2.45, 2.75) is 46.1 Å². The number of hydrogen-bond acceptors (Lipinski definition) is 2. The minimum Gasteiger partial charge on any atom is -0.311 e. The maximum absolute atomic E-state index is 4.80. The van der Waals surface area contributed by atoms with E-state index in [2.05, 4.69) is 54.9 Å². The maximum Gasteiger partial charge on any atom is 0.113 e. The van der Waals surface area contributed by atoms with Crippen molar-refractivity contribution in [2.24, 2.45) is 0 Å². The summed E-state index contributed by atoms with van der Waals surface area (Å²) in [5, 5.41) is 3.41. The van der Waals surface area contributed by atoms with Gasteiger partial charge in [-0.05, 0) is 23.6 Å². The standard InChI is InChI=1S/C17H23N3/c1-4-17-19-15-11-18-10-9-16(15)20(17)14-7-5-13(6-8-14)12(2)3/h5-8,12,18H,4,9-11H2,1-3H3. The predicted octanol–water partition coefficient (Wildman–Crippen LogP) is 3.20. The molecule has 0 saturated carbocycles. The molecule has 106 valence electrons. The van der Waals surface area contributed by atoms with Crippen LogP contribution in [0.2, 0.25) is 0 Å². The van der Waals surface area contributed by atoms with Crippen molar-refractivity contribution in [2.75, 3.05) is 6.54 Å². The minimum atomic E-state index is 0.579. The molecule has 1 aromatic carbocycles. The SMILES string of the molecule is CCc1nc2c(n1-c1ccc(C(C)C)cc1)CCNC2. The van der Waals surface area contributed by atoms with E-state index in [1.54, 1.807) is 0 Å². The van der Waals surface area contributed by atoms with Gasteiger partial charge >= 0.3 is 0 Å². The van der Waals surface area contributed by atoms with Crippen molar-refractivity contribution in [3.63, 3.8) is 0 Å². The Kier molecular flexibility index (Phi) is 3.62. The third kappa shape index (κ3) is 2.27. The van der Waals surface area contributed by atoms with Crippen molar-refractivity contribution in [3.8, 4) is 5.69 Å². The van der Waals surface area contributed by atoms with E-state index >= 15 is 0 Å². The van der Waals surface area contributed by atoms with Crippen LogP contribution in [0.5, 0.6) is 0 Å². The van der Waals surface area contributed by atoms with Crippen LogP contribution < -0.4 is 5.32 Å². The number of aromatic nitrogens is 2. The molecule has 0 radical (unpaired) electrons. The first-order chi connectivity index (χ1) is 9.70. The summed E-state index contributed by atoms with van der Waals surface area (Å²) in [7, 11) is 0. The number of nitrogens with zero attached hydrogens (tertiary/aromatic N) is 2. The van der Waals surface area contributed by atoms with Crippen LogP contribution in [0.4, 0.5) is 0 Å². The second kappa shape index (κ2) is 5.41. The van der Waals surface area contributed by atoms with Gasteiger partial charge in [-0.25, -0.2) is 4.98 Å². The molecule has 1 aliphatic rings. The molecule has 2 heterocycles. The highest BCUT2D eigenvalue weighted by Crippen LogP contribution is 2.23. The van der Waals surface area contributed by atoms with E-state index < -0.39 is 0 Å². The lowest BCUT2D eigenvalue weighted by molar-refractivity contribution is 0.620. The van der Waals surface area contributed by atoms with Gasteiger partial charge in [0.1, 0.15) is 5.82 Å². The van der Waals surface area contributed by atoms with Gasteiger partial charge in [0.05, 0.1) is 5.69 Å². The van der Waals surface area contributed by atoms with E-state index in [1.165, 1.54) is 28.5 Å².